The zero-order valence-electron chi connectivity index (χ0n) is 13.9. The van der Waals surface area contributed by atoms with E-state index in [-0.39, 0.29) is 18.1 Å². The molecule has 5 nitrogen and oxygen atoms in total. The van der Waals surface area contributed by atoms with Crippen LogP contribution < -0.4 is 4.74 Å². The minimum atomic E-state index is -0.0532. The number of ether oxygens (including phenoxy) is 1. The molecule has 0 aliphatic carbocycles. The molecule has 1 aromatic heterocycles. The number of nitrogens with zero attached hydrogens (tertiary/aromatic N) is 3. The molecule has 0 fully saturated rings. The van der Waals surface area contributed by atoms with Crippen molar-refractivity contribution in [2.24, 2.45) is 7.05 Å². The minimum Gasteiger partial charge on any atom is -0.486 e. The van der Waals surface area contributed by atoms with Crippen LogP contribution >= 0.6 is 35.0 Å². The predicted octanol–water partition coefficient (Wildman–Crippen LogP) is 4.68. The molecule has 0 aliphatic heterocycles. The van der Waals surface area contributed by atoms with Crippen LogP contribution in [0.4, 0.5) is 0 Å². The Kier molecular flexibility index (Phi) is 6.19. The standard InChI is InChI=1S/C18H15Cl2N3O2S/c1-23-17(10-25-13-8-6-12(19)7-9-13)21-22-18(23)26-11-16(24)14-4-2-3-5-15(14)20/h2-9H,10-11H2,1H3. The first-order valence-electron chi connectivity index (χ1n) is 7.72. The van der Waals surface area contributed by atoms with Crippen LogP contribution in [-0.2, 0) is 13.7 Å². The summed E-state index contributed by atoms with van der Waals surface area (Å²) in [5.41, 5.74) is 0.509. The molecule has 134 valence electrons. The number of halogens is 2. The lowest BCUT2D eigenvalue weighted by molar-refractivity contribution is 0.102. The van der Waals surface area contributed by atoms with E-state index in [1.807, 2.05) is 7.05 Å². The summed E-state index contributed by atoms with van der Waals surface area (Å²) >= 11 is 13.2. The Morgan fingerprint density at radius 1 is 1.12 bits per heavy atom. The van der Waals surface area contributed by atoms with Crippen molar-refractivity contribution in [3.63, 3.8) is 0 Å². The molecule has 0 spiro atoms. The molecule has 8 heteroatoms. The smallest absolute Gasteiger partial charge is 0.191 e. The summed E-state index contributed by atoms with van der Waals surface area (Å²) in [5.74, 6) is 1.53. The van der Waals surface area contributed by atoms with E-state index >= 15 is 0 Å². The van der Waals surface area contributed by atoms with E-state index in [2.05, 4.69) is 10.2 Å². The van der Waals surface area contributed by atoms with Crippen LogP contribution in [0.1, 0.15) is 16.2 Å². The average Bonchev–Trinajstić information content (AvgIpc) is 2.99. The topological polar surface area (TPSA) is 57.0 Å². The molecule has 3 aromatic rings. The number of carbonyl (C=O) groups is 1. The van der Waals surface area contributed by atoms with Crippen LogP contribution in [0, 0.1) is 0 Å². The van der Waals surface area contributed by atoms with Crippen molar-refractivity contribution in [1.29, 1.82) is 0 Å². The molecular weight excluding hydrogens is 393 g/mol. The third-order valence-electron chi connectivity index (χ3n) is 3.61. The Labute approximate surface area is 165 Å². The zero-order valence-corrected chi connectivity index (χ0v) is 16.2. The lowest BCUT2D eigenvalue weighted by atomic mass is 10.1. The lowest BCUT2D eigenvalue weighted by Gasteiger charge is -2.07. The van der Waals surface area contributed by atoms with Crippen LogP contribution in [0.2, 0.25) is 10.0 Å². The minimum absolute atomic E-state index is 0.0532. The second-order valence-corrected chi connectivity index (χ2v) is 7.18. The summed E-state index contributed by atoms with van der Waals surface area (Å²) in [5, 5.41) is 9.98. The molecule has 0 N–H and O–H groups in total. The maximum Gasteiger partial charge on any atom is 0.191 e. The molecule has 0 atom stereocenters. The van der Waals surface area contributed by atoms with Crippen LogP contribution in [0.15, 0.2) is 53.7 Å². The summed E-state index contributed by atoms with van der Waals surface area (Å²) in [7, 11) is 1.84. The molecule has 2 aromatic carbocycles. The van der Waals surface area contributed by atoms with Gasteiger partial charge in [0.1, 0.15) is 12.4 Å². The van der Waals surface area contributed by atoms with Gasteiger partial charge in [-0.15, -0.1) is 10.2 Å². The molecule has 26 heavy (non-hydrogen) atoms. The Morgan fingerprint density at radius 3 is 2.58 bits per heavy atom. The summed E-state index contributed by atoms with van der Waals surface area (Å²) in [6, 6.07) is 14.1. The highest BCUT2D eigenvalue weighted by Crippen LogP contribution is 2.22. The fourth-order valence-corrected chi connectivity index (χ4v) is 3.35. The number of rotatable bonds is 7. The molecule has 0 saturated heterocycles. The van der Waals surface area contributed by atoms with Crippen molar-refractivity contribution in [2.45, 2.75) is 11.8 Å². The highest BCUT2D eigenvalue weighted by atomic mass is 35.5. The van der Waals surface area contributed by atoms with Crippen LogP contribution in [0.25, 0.3) is 0 Å². The summed E-state index contributed by atoms with van der Waals surface area (Å²) in [4.78, 5) is 12.3. The Bertz CT molecular complexity index is 913. The van der Waals surface area contributed by atoms with Crippen molar-refractivity contribution in [3.8, 4) is 5.75 Å². The van der Waals surface area contributed by atoms with Gasteiger partial charge in [-0.3, -0.25) is 4.79 Å². The third-order valence-corrected chi connectivity index (χ3v) is 5.22. The molecule has 1 heterocycles. The fourth-order valence-electron chi connectivity index (χ4n) is 2.17. The highest BCUT2D eigenvalue weighted by Gasteiger charge is 2.14. The van der Waals surface area contributed by atoms with Gasteiger partial charge in [0.25, 0.3) is 0 Å². The summed E-state index contributed by atoms with van der Waals surface area (Å²) in [6.07, 6.45) is 0. The van der Waals surface area contributed by atoms with E-state index in [9.17, 15) is 4.79 Å². The molecule has 0 unspecified atom stereocenters. The van der Waals surface area contributed by atoms with E-state index in [1.165, 1.54) is 11.8 Å². The van der Waals surface area contributed by atoms with E-state index < -0.39 is 0 Å². The Morgan fingerprint density at radius 2 is 1.85 bits per heavy atom. The van der Waals surface area contributed by atoms with Gasteiger partial charge in [0.15, 0.2) is 16.8 Å². The van der Waals surface area contributed by atoms with E-state index in [1.54, 1.807) is 53.1 Å². The maximum absolute atomic E-state index is 12.3. The first-order valence-corrected chi connectivity index (χ1v) is 9.46. The normalized spacial score (nSPS) is 10.7. The first kappa shape index (κ1) is 18.8. The molecule has 0 aliphatic rings. The predicted molar refractivity (Wildman–Crippen MR) is 103 cm³/mol. The summed E-state index contributed by atoms with van der Waals surface area (Å²) < 4.78 is 7.48. The van der Waals surface area contributed by atoms with Gasteiger partial charge in [0.2, 0.25) is 0 Å². The average molecular weight is 408 g/mol. The van der Waals surface area contributed by atoms with E-state index in [0.29, 0.717) is 32.3 Å². The van der Waals surface area contributed by atoms with Gasteiger partial charge < -0.3 is 9.30 Å². The third kappa shape index (κ3) is 4.58. The zero-order chi connectivity index (χ0) is 18.5. The molecule has 0 radical (unpaired) electrons. The van der Waals surface area contributed by atoms with E-state index in [0.717, 1.165) is 0 Å². The summed E-state index contributed by atoms with van der Waals surface area (Å²) in [6.45, 7) is 0.268. The van der Waals surface area contributed by atoms with Crippen molar-refractivity contribution >= 4 is 40.7 Å². The van der Waals surface area contributed by atoms with Crippen LogP contribution in [0.3, 0.4) is 0 Å². The number of benzene rings is 2. The van der Waals surface area contributed by atoms with Crippen molar-refractivity contribution in [2.75, 3.05) is 5.75 Å². The molecule has 0 amide bonds. The largest absolute Gasteiger partial charge is 0.486 e. The van der Waals surface area contributed by atoms with Gasteiger partial charge in [-0.25, -0.2) is 0 Å². The molecule has 0 bridgehead atoms. The highest BCUT2D eigenvalue weighted by molar-refractivity contribution is 7.99. The van der Waals surface area contributed by atoms with Crippen molar-refractivity contribution in [3.05, 3.63) is 70.0 Å². The quantitative estimate of drug-likeness (QED) is 0.420. The fraction of sp³-hybridized carbons (Fsp3) is 0.167. The monoisotopic (exact) mass is 407 g/mol. The van der Waals surface area contributed by atoms with Gasteiger partial charge in [0, 0.05) is 17.6 Å². The number of hydrogen-bond donors (Lipinski definition) is 0. The first-order chi connectivity index (χ1) is 12.5. The van der Waals surface area contributed by atoms with Gasteiger partial charge in [-0.2, -0.15) is 0 Å². The number of carbonyl (C=O) groups excluding carboxylic acids is 1. The SMILES string of the molecule is Cn1c(COc2ccc(Cl)cc2)nnc1SCC(=O)c1ccccc1Cl. The maximum atomic E-state index is 12.3. The van der Waals surface area contributed by atoms with Crippen LogP contribution in [-0.4, -0.2) is 26.3 Å². The number of aromatic nitrogens is 3. The number of thioether (sulfide) groups is 1. The van der Waals surface area contributed by atoms with Gasteiger partial charge in [-0.1, -0.05) is 47.1 Å². The van der Waals surface area contributed by atoms with Gasteiger partial charge >= 0.3 is 0 Å². The molecule has 0 saturated carbocycles. The lowest BCUT2D eigenvalue weighted by Crippen LogP contribution is -2.06. The Hall–Kier alpha value is -2.02. The van der Waals surface area contributed by atoms with E-state index in [4.69, 9.17) is 27.9 Å². The number of hydrogen-bond acceptors (Lipinski definition) is 5. The van der Waals surface area contributed by atoms with Crippen molar-refractivity contribution in [1.82, 2.24) is 14.8 Å². The second-order valence-electron chi connectivity index (χ2n) is 5.39. The number of ketones is 1. The van der Waals surface area contributed by atoms with Crippen molar-refractivity contribution < 1.29 is 9.53 Å². The second kappa shape index (κ2) is 8.58. The molecule has 3 rings (SSSR count). The Balaban J connectivity index is 1.59. The molecular formula is C18H15Cl2N3O2S. The van der Waals surface area contributed by atoms with Gasteiger partial charge in [0.05, 0.1) is 10.8 Å². The number of Topliss-reactive ketones (excluding diaryl/α,β-unsaturated/α-hetero) is 1. The van der Waals surface area contributed by atoms with Crippen LogP contribution in [0.5, 0.6) is 5.75 Å². The van der Waals surface area contributed by atoms with Gasteiger partial charge in [-0.05, 0) is 36.4 Å².